The molecular weight excluding hydrogens is 296 g/mol. The summed E-state index contributed by atoms with van der Waals surface area (Å²) in [5.41, 5.74) is 0.783. The Bertz CT molecular complexity index is 788. The predicted octanol–water partition coefficient (Wildman–Crippen LogP) is 0.835. The minimum Gasteiger partial charge on any atom is -0.408 e. The summed E-state index contributed by atoms with van der Waals surface area (Å²) in [5.74, 6) is -0.530. The molecule has 0 spiro atoms. The SMILES string of the molecule is CC(C)OCCNS(=O)(=O)c1ccc2c(c1)oc(=O)n2C. The molecule has 0 atom stereocenters. The van der Waals surface area contributed by atoms with Gasteiger partial charge in [-0.25, -0.2) is 17.9 Å². The van der Waals surface area contributed by atoms with E-state index in [9.17, 15) is 13.2 Å². The van der Waals surface area contributed by atoms with Crippen LogP contribution < -0.4 is 10.5 Å². The molecule has 0 amide bonds. The lowest BCUT2D eigenvalue weighted by atomic mass is 10.3. The van der Waals surface area contributed by atoms with Gasteiger partial charge in [-0.1, -0.05) is 0 Å². The van der Waals surface area contributed by atoms with Crippen molar-refractivity contribution < 1.29 is 17.6 Å². The Labute approximate surface area is 122 Å². The van der Waals surface area contributed by atoms with Gasteiger partial charge in [0, 0.05) is 19.7 Å². The summed E-state index contributed by atoms with van der Waals surface area (Å²) >= 11 is 0. The number of fused-ring (bicyclic) bond motifs is 1. The lowest BCUT2D eigenvalue weighted by molar-refractivity contribution is 0.0834. The van der Waals surface area contributed by atoms with Crippen LogP contribution in [0.2, 0.25) is 0 Å². The van der Waals surface area contributed by atoms with Gasteiger partial charge in [-0.05, 0) is 26.0 Å². The fourth-order valence-corrected chi connectivity index (χ4v) is 2.86. The summed E-state index contributed by atoms with van der Waals surface area (Å²) in [4.78, 5) is 11.4. The first-order valence-corrected chi connectivity index (χ1v) is 8.00. The second-order valence-electron chi connectivity index (χ2n) is 4.87. The fraction of sp³-hybridized carbons (Fsp3) is 0.462. The Hall–Kier alpha value is -1.64. The van der Waals surface area contributed by atoms with Crippen LogP contribution in [-0.4, -0.2) is 32.2 Å². The van der Waals surface area contributed by atoms with Crippen LogP contribution in [0, 0.1) is 0 Å². The van der Waals surface area contributed by atoms with Crippen LogP contribution in [0.4, 0.5) is 0 Å². The van der Waals surface area contributed by atoms with Gasteiger partial charge in [-0.15, -0.1) is 0 Å². The zero-order valence-corrected chi connectivity index (χ0v) is 12.9. The zero-order chi connectivity index (χ0) is 15.6. The number of hydrogen-bond acceptors (Lipinski definition) is 5. The maximum atomic E-state index is 12.1. The van der Waals surface area contributed by atoms with Crippen molar-refractivity contribution in [2.75, 3.05) is 13.2 Å². The number of ether oxygens (including phenoxy) is 1. The zero-order valence-electron chi connectivity index (χ0n) is 12.1. The maximum Gasteiger partial charge on any atom is 0.419 e. The molecule has 0 bridgehead atoms. The summed E-state index contributed by atoms with van der Waals surface area (Å²) in [5, 5.41) is 0. The first kappa shape index (κ1) is 15.7. The number of hydrogen-bond donors (Lipinski definition) is 1. The number of nitrogens with zero attached hydrogens (tertiary/aromatic N) is 1. The third-order valence-electron chi connectivity index (χ3n) is 2.92. The molecule has 0 aliphatic carbocycles. The van der Waals surface area contributed by atoms with Crippen molar-refractivity contribution in [2.45, 2.75) is 24.8 Å². The first-order valence-electron chi connectivity index (χ1n) is 6.52. The maximum absolute atomic E-state index is 12.1. The number of aromatic nitrogens is 1. The van der Waals surface area contributed by atoms with Crippen molar-refractivity contribution in [3.05, 3.63) is 28.7 Å². The molecule has 7 nitrogen and oxygen atoms in total. The van der Waals surface area contributed by atoms with Crippen molar-refractivity contribution in [1.29, 1.82) is 0 Å². The molecule has 1 heterocycles. The van der Waals surface area contributed by atoms with Crippen LogP contribution in [0.3, 0.4) is 0 Å². The molecule has 1 aromatic carbocycles. The number of rotatable bonds is 6. The highest BCUT2D eigenvalue weighted by molar-refractivity contribution is 7.89. The highest BCUT2D eigenvalue weighted by atomic mass is 32.2. The number of sulfonamides is 1. The molecule has 116 valence electrons. The van der Waals surface area contributed by atoms with Gasteiger partial charge < -0.3 is 9.15 Å². The standard InChI is InChI=1S/C13H18N2O5S/c1-9(2)19-7-6-14-21(17,18)10-4-5-11-12(8-10)20-13(16)15(11)3/h4-5,8-9,14H,6-7H2,1-3H3. The molecule has 0 aliphatic heterocycles. The van der Waals surface area contributed by atoms with Gasteiger partial charge in [0.25, 0.3) is 0 Å². The molecule has 0 aliphatic rings. The summed E-state index contributed by atoms with van der Waals surface area (Å²) in [6, 6.07) is 4.31. The second kappa shape index (κ2) is 6.00. The minimum absolute atomic E-state index is 0.0458. The molecule has 2 aromatic rings. The molecule has 0 unspecified atom stereocenters. The number of nitrogens with one attached hydrogen (secondary N) is 1. The van der Waals surface area contributed by atoms with Crippen LogP contribution >= 0.6 is 0 Å². The lowest BCUT2D eigenvalue weighted by Crippen LogP contribution is -2.28. The van der Waals surface area contributed by atoms with Crippen molar-refractivity contribution in [2.24, 2.45) is 7.05 Å². The molecule has 1 N–H and O–H groups in total. The topological polar surface area (TPSA) is 90.5 Å². The van der Waals surface area contributed by atoms with Gasteiger partial charge in [-0.2, -0.15) is 0 Å². The largest absolute Gasteiger partial charge is 0.419 e. The van der Waals surface area contributed by atoms with Gasteiger partial charge in [0.1, 0.15) is 0 Å². The Morgan fingerprint density at radius 1 is 1.38 bits per heavy atom. The average Bonchev–Trinajstić information content (AvgIpc) is 2.70. The van der Waals surface area contributed by atoms with Crippen LogP contribution in [-0.2, 0) is 21.8 Å². The van der Waals surface area contributed by atoms with E-state index < -0.39 is 15.8 Å². The summed E-state index contributed by atoms with van der Waals surface area (Å²) in [6.45, 7) is 4.22. The van der Waals surface area contributed by atoms with Crippen molar-refractivity contribution in [3.8, 4) is 0 Å². The second-order valence-corrected chi connectivity index (χ2v) is 6.64. The van der Waals surface area contributed by atoms with E-state index in [2.05, 4.69) is 4.72 Å². The van der Waals surface area contributed by atoms with E-state index in [0.717, 1.165) is 0 Å². The summed E-state index contributed by atoms with van der Waals surface area (Å²) < 4.78 is 38.2. The van der Waals surface area contributed by atoms with Gasteiger partial charge in [0.15, 0.2) is 5.58 Å². The minimum atomic E-state index is -3.65. The Morgan fingerprint density at radius 2 is 2.10 bits per heavy atom. The fourth-order valence-electron chi connectivity index (χ4n) is 1.84. The Morgan fingerprint density at radius 3 is 2.76 bits per heavy atom. The van der Waals surface area contributed by atoms with Crippen molar-refractivity contribution in [3.63, 3.8) is 0 Å². The highest BCUT2D eigenvalue weighted by Gasteiger charge is 2.16. The molecular formula is C13H18N2O5S. The monoisotopic (exact) mass is 314 g/mol. The van der Waals surface area contributed by atoms with E-state index in [4.69, 9.17) is 9.15 Å². The van der Waals surface area contributed by atoms with E-state index in [1.165, 1.54) is 16.7 Å². The first-order chi connectivity index (χ1) is 9.81. The number of oxazole rings is 1. The predicted molar refractivity (Wildman–Crippen MR) is 77.7 cm³/mol. The molecule has 0 saturated heterocycles. The molecule has 1 aromatic heterocycles. The Kier molecular flexibility index (Phi) is 4.50. The van der Waals surface area contributed by atoms with Crippen molar-refractivity contribution in [1.82, 2.24) is 9.29 Å². The molecule has 0 saturated carbocycles. The van der Waals surface area contributed by atoms with Crippen LogP contribution in [0.25, 0.3) is 11.1 Å². The van der Waals surface area contributed by atoms with E-state index in [1.54, 1.807) is 13.1 Å². The lowest BCUT2D eigenvalue weighted by Gasteiger charge is -2.09. The molecule has 2 rings (SSSR count). The van der Waals surface area contributed by atoms with Gasteiger partial charge in [0.05, 0.1) is 23.1 Å². The van der Waals surface area contributed by atoms with Gasteiger partial charge in [0.2, 0.25) is 10.0 Å². The Balaban J connectivity index is 2.18. The smallest absolute Gasteiger partial charge is 0.408 e. The van der Waals surface area contributed by atoms with Crippen LogP contribution in [0.5, 0.6) is 0 Å². The van der Waals surface area contributed by atoms with Crippen molar-refractivity contribution >= 4 is 21.1 Å². The summed E-state index contributed by atoms with van der Waals surface area (Å²) in [7, 11) is -2.10. The van der Waals surface area contributed by atoms with Crippen LogP contribution in [0.1, 0.15) is 13.8 Å². The van der Waals surface area contributed by atoms with Gasteiger partial charge in [-0.3, -0.25) is 4.57 Å². The van der Waals surface area contributed by atoms with Gasteiger partial charge >= 0.3 is 5.76 Å². The van der Waals surface area contributed by atoms with E-state index >= 15 is 0 Å². The average molecular weight is 314 g/mol. The number of aryl methyl sites for hydroxylation is 1. The molecule has 0 fully saturated rings. The highest BCUT2D eigenvalue weighted by Crippen LogP contribution is 2.17. The van der Waals surface area contributed by atoms with E-state index in [0.29, 0.717) is 12.1 Å². The molecule has 21 heavy (non-hydrogen) atoms. The quantitative estimate of drug-likeness (QED) is 0.798. The van der Waals surface area contributed by atoms with Crippen LogP contribution in [0.15, 0.2) is 32.3 Å². The number of benzene rings is 1. The van der Waals surface area contributed by atoms with E-state index in [1.807, 2.05) is 13.8 Å². The molecule has 0 radical (unpaired) electrons. The third-order valence-corrected chi connectivity index (χ3v) is 4.38. The molecule has 8 heteroatoms. The third kappa shape index (κ3) is 3.52. The van der Waals surface area contributed by atoms with E-state index in [-0.39, 0.29) is 23.1 Å². The summed E-state index contributed by atoms with van der Waals surface area (Å²) in [6.07, 6.45) is 0.0458. The normalized spacial score (nSPS) is 12.4.